The standard InChI is InChI=1S/C11H9FO/c1-8-6-10(7-13-8)9-2-4-11(12)5-3-9/h2-7H,1H3. The average molecular weight is 176 g/mol. The van der Waals surface area contributed by atoms with Crippen LogP contribution in [0.1, 0.15) is 5.76 Å². The Labute approximate surface area is 75.8 Å². The minimum absolute atomic E-state index is 0.219. The van der Waals surface area contributed by atoms with Crippen molar-refractivity contribution in [3.63, 3.8) is 0 Å². The summed E-state index contributed by atoms with van der Waals surface area (Å²) in [5.74, 6) is 0.642. The van der Waals surface area contributed by atoms with Gasteiger partial charge in [-0.3, -0.25) is 0 Å². The van der Waals surface area contributed by atoms with E-state index in [0.29, 0.717) is 0 Å². The molecule has 0 saturated carbocycles. The van der Waals surface area contributed by atoms with Gasteiger partial charge in [0, 0.05) is 5.56 Å². The van der Waals surface area contributed by atoms with Gasteiger partial charge in [-0.15, -0.1) is 0 Å². The molecule has 0 fully saturated rings. The lowest BCUT2D eigenvalue weighted by atomic mass is 10.1. The van der Waals surface area contributed by atoms with Crippen molar-refractivity contribution in [2.24, 2.45) is 0 Å². The van der Waals surface area contributed by atoms with Gasteiger partial charge >= 0.3 is 0 Å². The van der Waals surface area contributed by atoms with Gasteiger partial charge in [0.05, 0.1) is 6.26 Å². The van der Waals surface area contributed by atoms with Gasteiger partial charge in [0.1, 0.15) is 11.6 Å². The van der Waals surface area contributed by atoms with E-state index < -0.39 is 0 Å². The van der Waals surface area contributed by atoms with E-state index in [1.54, 1.807) is 18.4 Å². The molecule has 0 spiro atoms. The third kappa shape index (κ3) is 1.61. The van der Waals surface area contributed by atoms with Crippen LogP contribution in [0.25, 0.3) is 11.1 Å². The van der Waals surface area contributed by atoms with Crippen molar-refractivity contribution in [2.45, 2.75) is 6.92 Å². The van der Waals surface area contributed by atoms with Gasteiger partial charge in [-0.05, 0) is 30.7 Å². The van der Waals surface area contributed by atoms with E-state index in [4.69, 9.17) is 4.42 Å². The normalized spacial score (nSPS) is 10.3. The highest BCUT2D eigenvalue weighted by Gasteiger charge is 2.00. The molecule has 0 unspecified atom stereocenters. The maximum absolute atomic E-state index is 12.6. The highest BCUT2D eigenvalue weighted by Crippen LogP contribution is 2.21. The van der Waals surface area contributed by atoms with Crippen molar-refractivity contribution in [1.82, 2.24) is 0 Å². The molecule has 2 aromatic rings. The molecule has 0 aliphatic heterocycles. The van der Waals surface area contributed by atoms with E-state index >= 15 is 0 Å². The van der Waals surface area contributed by atoms with Gasteiger partial charge in [0.15, 0.2) is 0 Å². The number of hydrogen-bond donors (Lipinski definition) is 0. The van der Waals surface area contributed by atoms with Crippen LogP contribution < -0.4 is 0 Å². The van der Waals surface area contributed by atoms with Crippen molar-refractivity contribution in [3.05, 3.63) is 48.2 Å². The molecule has 13 heavy (non-hydrogen) atoms. The van der Waals surface area contributed by atoms with Crippen LogP contribution in [0.3, 0.4) is 0 Å². The largest absolute Gasteiger partial charge is 0.469 e. The summed E-state index contributed by atoms with van der Waals surface area (Å²) in [4.78, 5) is 0. The van der Waals surface area contributed by atoms with E-state index in [1.807, 2.05) is 13.0 Å². The predicted molar refractivity (Wildman–Crippen MR) is 48.8 cm³/mol. The van der Waals surface area contributed by atoms with Gasteiger partial charge < -0.3 is 4.42 Å². The summed E-state index contributed by atoms with van der Waals surface area (Å²) in [6, 6.07) is 8.28. The lowest BCUT2D eigenvalue weighted by molar-refractivity contribution is 0.535. The Morgan fingerprint density at radius 2 is 1.77 bits per heavy atom. The molecule has 1 heterocycles. The first-order chi connectivity index (χ1) is 6.25. The molecule has 0 N–H and O–H groups in total. The first-order valence-corrected chi connectivity index (χ1v) is 4.07. The highest BCUT2D eigenvalue weighted by atomic mass is 19.1. The average Bonchev–Trinajstić information content (AvgIpc) is 2.53. The lowest BCUT2D eigenvalue weighted by Crippen LogP contribution is -1.74. The second-order valence-electron chi connectivity index (χ2n) is 2.95. The first kappa shape index (κ1) is 8.05. The first-order valence-electron chi connectivity index (χ1n) is 4.07. The second kappa shape index (κ2) is 3.05. The fourth-order valence-electron chi connectivity index (χ4n) is 1.24. The number of benzene rings is 1. The predicted octanol–water partition coefficient (Wildman–Crippen LogP) is 3.39. The van der Waals surface area contributed by atoms with Gasteiger partial charge in [-0.2, -0.15) is 0 Å². The molecule has 66 valence electrons. The van der Waals surface area contributed by atoms with Crippen molar-refractivity contribution < 1.29 is 8.81 Å². The smallest absolute Gasteiger partial charge is 0.123 e. The van der Waals surface area contributed by atoms with E-state index in [0.717, 1.165) is 16.9 Å². The number of furan rings is 1. The summed E-state index contributed by atoms with van der Waals surface area (Å²) in [7, 11) is 0. The van der Waals surface area contributed by atoms with E-state index in [1.165, 1.54) is 12.1 Å². The van der Waals surface area contributed by atoms with E-state index in [9.17, 15) is 4.39 Å². The summed E-state index contributed by atoms with van der Waals surface area (Å²) in [6.07, 6.45) is 1.67. The van der Waals surface area contributed by atoms with Crippen molar-refractivity contribution >= 4 is 0 Å². The summed E-state index contributed by atoms with van der Waals surface area (Å²) < 4.78 is 17.7. The Balaban J connectivity index is 2.41. The van der Waals surface area contributed by atoms with Crippen molar-refractivity contribution in [2.75, 3.05) is 0 Å². The summed E-state index contributed by atoms with van der Waals surface area (Å²) in [6.45, 7) is 1.88. The molecule has 0 aliphatic rings. The third-order valence-electron chi connectivity index (χ3n) is 1.91. The summed E-state index contributed by atoms with van der Waals surface area (Å²) in [5.41, 5.74) is 1.95. The molecular formula is C11H9FO. The van der Waals surface area contributed by atoms with Crippen LogP contribution in [-0.4, -0.2) is 0 Å². The molecule has 0 saturated heterocycles. The fourth-order valence-corrected chi connectivity index (χ4v) is 1.24. The molecule has 1 aromatic carbocycles. The molecule has 0 atom stereocenters. The molecule has 0 bridgehead atoms. The Morgan fingerprint density at radius 3 is 2.31 bits per heavy atom. The summed E-state index contributed by atoms with van der Waals surface area (Å²) >= 11 is 0. The second-order valence-corrected chi connectivity index (χ2v) is 2.95. The van der Waals surface area contributed by atoms with Crippen LogP contribution in [0.5, 0.6) is 0 Å². The van der Waals surface area contributed by atoms with Crippen LogP contribution in [-0.2, 0) is 0 Å². The molecule has 1 aromatic heterocycles. The third-order valence-corrected chi connectivity index (χ3v) is 1.91. The lowest BCUT2D eigenvalue weighted by Gasteiger charge is -1.94. The number of rotatable bonds is 1. The molecule has 2 heteroatoms. The van der Waals surface area contributed by atoms with Crippen LogP contribution in [0.4, 0.5) is 4.39 Å². The Hall–Kier alpha value is -1.57. The maximum Gasteiger partial charge on any atom is 0.123 e. The zero-order chi connectivity index (χ0) is 9.26. The van der Waals surface area contributed by atoms with Gasteiger partial charge in [0.25, 0.3) is 0 Å². The van der Waals surface area contributed by atoms with E-state index in [-0.39, 0.29) is 5.82 Å². The minimum atomic E-state index is -0.219. The minimum Gasteiger partial charge on any atom is -0.469 e. The fraction of sp³-hybridized carbons (Fsp3) is 0.0909. The van der Waals surface area contributed by atoms with Gasteiger partial charge in [-0.25, -0.2) is 4.39 Å². The molecule has 0 aliphatic carbocycles. The van der Waals surface area contributed by atoms with Crippen LogP contribution in [0.2, 0.25) is 0 Å². The number of hydrogen-bond acceptors (Lipinski definition) is 1. The highest BCUT2D eigenvalue weighted by molar-refractivity contribution is 5.62. The topological polar surface area (TPSA) is 13.1 Å². The van der Waals surface area contributed by atoms with Crippen LogP contribution in [0, 0.1) is 12.7 Å². The summed E-state index contributed by atoms with van der Waals surface area (Å²) in [5, 5.41) is 0. The Kier molecular flexibility index (Phi) is 1.89. The van der Waals surface area contributed by atoms with Crippen LogP contribution >= 0.6 is 0 Å². The zero-order valence-electron chi connectivity index (χ0n) is 7.25. The monoisotopic (exact) mass is 176 g/mol. The van der Waals surface area contributed by atoms with Gasteiger partial charge in [0.2, 0.25) is 0 Å². The number of aryl methyl sites for hydroxylation is 1. The number of halogens is 1. The van der Waals surface area contributed by atoms with Crippen molar-refractivity contribution in [1.29, 1.82) is 0 Å². The SMILES string of the molecule is Cc1cc(-c2ccc(F)cc2)co1. The molecule has 0 radical (unpaired) electrons. The van der Waals surface area contributed by atoms with E-state index in [2.05, 4.69) is 0 Å². The molecule has 2 rings (SSSR count). The Bertz CT molecular complexity index is 400. The Morgan fingerprint density at radius 1 is 1.08 bits per heavy atom. The molecule has 0 amide bonds. The quantitative estimate of drug-likeness (QED) is 0.649. The maximum atomic E-state index is 12.6. The van der Waals surface area contributed by atoms with Crippen molar-refractivity contribution in [3.8, 4) is 11.1 Å². The van der Waals surface area contributed by atoms with Gasteiger partial charge in [-0.1, -0.05) is 12.1 Å². The van der Waals surface area contributed by atoms with Crippen LogP contribution in [0.15, 0.2) is 41.0 Å². The zero-order valence-corrected chi connectivity index (χ0v) is 7.25. The molecular weight excluding hydrogens is 167 g/mol. The molecule has 1 nitrogen and oxygen atoms in total.